The van der Waals surface area contributed by atoms with Gasteiger partial charge >= 0.3 is 0 Å². The number of rotatable bonds is 8. The van der Waals surface area contributed by atoms with Crippen LogP contribution in [0.25, 0.3) is 10.9 Å². The Bertz CT molecular complexity index is 1270. The van der Waals surface area contributed by atoms with E-state index in [9.17, 15) is 9.59 Å². The molecule has 0 aliphatic rings. The predicted molar refractivity (Wildman–Crippen MR) is 126 cm³/mol. The molecule has 9 heteroatoms. The molecule has 0 aliphatic heterocycles. The van der Waals surface area contributed by atoms with Crippen LogP contribution in [-0.2, 0) is 6.54 Å². The Hall–Kier alpha value is -3.30. The van der Waals surface area contributed by atoms with Crippen molar-refractivity contribution in [1.82, 2.24) is 20.3 Å². The highest BCUT2D eigenvalue weighted by Crippen LogP contribution is 2.29. The molecule has 0 saturated carbocycles. The molecule has 0 bridgehead atoms. The zero-order chi connectivity index (χ0) is 22.5. The lowest BCUT2D eigenvalue weighted by molar-refractivity contribution is 0.0945. The molecule has 0 saturated heterocycles. The first-order chi connectivity index (χ1) is 15.5. The Kier molecular flexibility index (Phi) is 6.77. The number of nitrogens with one attached hydrogen (secondary N) is 1. The summed E-state index contributed by atoms with van der Waals surface area (Å²) < 4.78 is 5.31. The molecule has 0 radical (unpaired) electrons. The van der Waals surface area contributed by atoms with Gasteiger partial charge in [0.05, 0.1) is 29.8 Å². The van der Waals surface area contributed by atoms with Crippen molar-refractivity contribution in [2.24, 2.45) is 0 Å². The summed E-state index contributed by atoms with van der Waals surface area (Å²) in [5.74, 6) is 1.38. The lowest BCUT2D eigenvalue weighted by Gasteiger charge is -2.08. The van der Waals surface area contributed by atoms with Crippen LogP contribution >= 0.6 is 23.1 Å². The molecule has 0 fully saturated rings. The van der Waals surface area contributed by atoms with E-state index < -0.39 is 0 Å². The third kappa shape index (κ3) is 5.12. The number of thioether (sulfide) groups is 1. The maximum atomic E-state index is 12.8. The highest BCUT2D eigenvalue weighted by molar-refractivity contribution is 8.00. The minimum Gasteiger partial charge on any atom is -0.497 e. The van der Waals surface area contributed by atoms with E-state index in [4.69, 9.17) is 4.74 Å². The predicted octanol–water partition coefficient (Wildman–Crippen LogP) is 4.31. The van der Waals surface area contributed by atoms with E-state index in [0.717, 1.165) is 20.8 Å². The Morgan fingerprint density at radius 3 is 2.78 bits per heavy atom. The van der Waals surface area contributed by atoms with Crippen molar-refractivity contribution in [3.05, 3.63) is 76.0 Å². The largest absolute Gasteiger partial charge is 0.497 e. The number of fused-ring (bicyclic) bond motifs is 1. The molecule has 0 aliphatic carbocycles. The fraction of sp³-hybridized carbons (Fsp3) is 0.174. The van der Waals surface area contributed by atoms with Crippen molar-refractivity contribution in [2.45, 2.75) is 18.5 Å². The first-order valence-electron chi connectivity index (χ1n) is 9.80. The molecule has 1 amide bonds. The number of carbonyl (C=O) groups is 2. The number of methoxy groups -OCH3 is 1. The van der Waals surface area contributed by atoms with Gasteiger partial charge in [0, 0.05) is 16.5 Å². The van der Waals surface area contributed by atoms with Crippen molar-refractivity contribution < 1.29 is 14.3 Å². The number of pyridine rings is 1. The van der Waals surface area contributed by atoms with Crippen LogP contribution < -0.4 is 10.1 Å². The van der Waals surface area contributed by atoms with Gasteiger partial charge in [0.15, 0.2) is 5.78 Å². The number of nitrogens with zero attached hydrogens (tertiary/aromatic N) is 3. The number of carbonyl (C=O) groups excluding carboxylic acids is 2. The second kappa shape index (κ2) is 9.88. The van der Waals surface area contributed by atoms with Crippen LogP contribution in [0, 0.1) is 6.92 Å². The minimum absolute atomic E-state index is 0.00890. The van der Waals surface area contributed by atoms with Crippen LogP contribution in [0.1, 0.15) is 30.9 Å². The van der Waals surface area contributed by atoms with Gasteiger partial charge in [-0.15, -0.1) is 11.3 Å². The van der Waals surface area contributed by atoms with Crippen LogP contribution in [0.4, 0.5) is 0 Å². The van der Waals surface area contributed by atoms with Gasteiger partial charge in [-0.1, -0.05) is 17.8 Å². The fourth-order valence-corrected chi connectivity index (χ4v) is 4.93. The number of aryl methyl sites for hydroxylation is 1. The Morgan fingerprint density at radius 1 is 1.12 bits per heavy atom. The number of thiophene rings is 1. The van der Waals surface area contributed by atoms with Gasteiger partial charge in [-0.2, -0.15) is 0 Å². The topological polar surface area (TPSA) is 94.1 Å². The molecular weight excluding hydrogens is 444 g/mol. The van der Waals surface area contributed by atoms with E-state index in [1.807, 2.05) is 31.2 Å². The average Bonchev–Trinajstić information content (AvgIpc) is 3.30. The maximum Gasteiger partial charge on any atom is 0.270 e. The van der Waals surface area contributed by atoms with E-state index in [1.54, 1.807) is 37.6 Å². The second-order valence-electron chi connectivity index (χ2n) is 6.83. The first kappa shape index (κ1) is 21.9. The van der Waals surface area contributed by atoms with Gasteiger partial charge in [-0.25, -0.2) is 9.97 Å². The summed E-state index contributed by atoms with van der Waals surface area (Å²) in [5, 5.41) is 4.43. The number of amides is 1. The molecule has 0 spiro atoms. The van der Waals surface area contributed by atoms with Crippen molar-refractivity contribution in [3.8, 4) is 5.75 Å². The van der Waals surface area contributed by atoms with Gasteiger partial charge < -0.3 is 10.1 Å². The van der Waals surface area contributed by atoms with E-state index >= 15 is 0 Å². The molecule has 4 aromatic rings. The molecule has 4 rings (SSSR count). The summed E-state index contributed by atoms with van der Waals surface area (Å²) in [4.78, 5) is 39.4. The zero-order valence-electron chi connectivity index (χ0n) is 17.5. The smallest absolute Gasteiger partial charge is 0.270 e. The summed E-state index contributed by atoms with van der Waals surface area (Å²) >= 11 is 2.76. The SMILES string of the molecule is COc1ccc2nc(C)nc(SCC(=O)c3ccc(CNC(=O)c4ccccn4)s3)c2c1. The van der Waals surface area contributed by atoms with Crippen LogP contribution in [0.3, 0.4) is 0 Å². The molecule has 1 N–H and O–H groups in total. The summed E-state index contributed by atoms with van der Waals surface area (Å²) in [6, 6.07) is 14.5. The number of ketones is 1. The maximum absolute atomic E-state index is 12.8. The quantitative estimate of drug-likeness (QED) is 0.236. The highest BCUT2D eigenvalue weighted by atomic mass is 32.2. The molecule has 3 heterocycles. The van der Waals surface area contributed by atoms with E-state index in [2.05, 4.69) is 20.3 Å². The molecule has 162 valence electrons. The minimum atomic E-state index is -0.246. The monoisotopic (exact) mass is 464 g/mol. The molecule has 0 atom stereocenters. The average molecular weight is 465 g/mol. The van der Waals surface area contributed by atoms with Crippen molar-refractivity contribution in [1.29, 1.82) is 0 Å². The van der Waals surface area contributed by atoms with Crippen LogP contribution in [-0.4, -0.2) is 39.5 Å². The summed E-state index contributed by atoms with van der Waals surface area (Å²) in [7, 11) is 1.61. The normalized spacial score (nSPS) is 10.8. The highest BCUT2D eigenvalue weighted by Gasteiger charge is 2.14. The molecule has 0 unspecified atom stereocenters. The first-order valence-corrected chi connectivity index (χ1v) is 11.6. The Morgan fingerprint density at radius 2 is 2.00 bits per heavy atom. The van der Waals surface area contributed by atoms with E-state index in [-0.39, 0.29) is 17.4 Å². The summed E-state index contributed by atoms with van der Waals surface area (Å²) in [5.41, 5.74) is 1.18. The van der Waals surface area contributed by atoms with Crippen molar-refractivity contribution in [2.75, 3.05) is 12.9 Å². The molecule has 7 nitrogen and oxygen atoms in total. The van der Waals surface area contributed by atoms with Gasteiger partial charge in [0.1, 0.15) is 22.3 Å². The Balaban J connectivity index is 1.40. The van der Waals surface area contributed by atoms with Crippen molar-refractivity contribution >= 4 is 45.7 Å². The van der Waals surface area contributed by atoms with Crippen molar-refractivity contribution in [3.63, 3.8) is 0 Å². The standard InChI is InChI=1S/C23H20N4O3S2/c1-14-26-18-8-6-15(30-2)11-17(18)23(27-14)31-13-20(28)21-9-7-16(32-21)12-25-22(29)19-5-3-4-10-24-19/h3-11H,12-13H2,1-2H3,(H,25,29). The second-order valence-corrected chi connectivity index (χ2v) is 8.97. The summed E-state index contributed by atoms with van der Waals surface area (Å²) in [6.07, 6.45) is 1.58. The molecule has 1 aromatic carbocycles. The third-order valence-electron chi connectivity index (χ3n) is 4.58. The zero-order valence-corrected chi connectivity index (χ0v) is 19.1. The molecule has 32 heavy (non-hydrogen) atoms. The number of ether oxygens (including phenoxy) is 1. The van der Waals surface area contributed by atoms with Gasteiger partial charge in [0.25, 0.3) is 5.91 Å². The van der Waals surface area contributed by atoms with Crippen LogP contribution in [0.5, 0.6) is 5.75 Å². The molecule has 3 aromatic heterocycles. The van der Waals surface area contributed by atoms with E-state index in [1.165, 1.54) is 23.1 Å². The molecular formula is C23H20N4O3S2. The number of aromatic nitrogens is 3. The summed E-state index contributed by atoms with van der Waals surface area (Å²) in [6.45, 7) is 2.18. The Labute approximate surface area is 193 Å². The fourth-order valence-electron chi connectivity index (χ4n) is 3.01. The van der Waals surface area contributed by atoms with Gasteiger partial charge in [-0.05, 0) is 49.4 Å². The van der Waals surface area contributed by atoms with Gasteiger partial charge in [-0.3, -0.25) is 14.6 Å². The number of hydrogen-bond donors (Lipinski definition) is 1. The number of hydrogen-bond acceptors (Lipinski definition) is 8. The van der Waals surface area contributed by atoms with Gasteiger partial charge in [0.2, 0.25) is 0 Å². The third-order valence-corrected chi connectivity index (χ3v) is 6.69. The number of Topliss-reactive ketones (excluding diaryl/α,β-unsaturated/α-hetero) is 1. The number of benzene rings is 1. The lowest BCUT2D eigenvalue weighted by Crippen LogP contribution is -2.23. The lowest BCUT2D eigenvalue weighted by atomic mass is 10.2. The van der Waals surface area contributed by atoms with Crippen LogP contribution in [0.15, 0.2) is 59.8 Å². The van der Waals surface area contributed by atoms with Crippen LogP contribution in [0.2, 0.25) is 0 Å². The van der Waals surface area contributed by atoms with E-state index in [0.29, 0.717) is 28.7 Å².